The van der Waals surface area contributed by atoms with Crippen molar-refractivity contribution in [3.8, 4) is 0 Å². The van der Waals surface area contributed by atoms with Crippen molar-refractivity contribution in [1.82, 2.24) is 25.9 Å². The van der Waals surface area contributed by atoms with Gasteiger partial charge in [-0.25, -0.2) is 0 Å². The van der Waals surface area contributed by atoms with Crippen molar-refractivity contribution in [2.24, 2.45) is 0 Å². The van der Waals surface area contributed by atoms with E-state index in [0.29, 0.717) is 17.3 Å². The van der Waals surface area contributed by atoms with Gasteiger partial charge in [-0.1, -0.05) is 17.2 Å². The molecule has 3 rings (SSSR count). The predicted molar refractivity (Wildman–Crippen MR) is 88.7 cm³/mol. The molecule has 2 heterocycles. The number of nitrogens with zero attached hydrogens (tertiary/aromatic N) is 4. The van der Waals surface area contributed by atoms with Gasteiger partial charge in [0.25, 0.3) is 22.8 Å². The van der Waals surface area contributed by atoms with Crippen LogP contribution in [0.25, 0.3) is 6.08 Å². The van der Waals surface area contributed by atoms with Crippen LogP contribution in [0.4, 0.5) is 16.4 Å². The van der Waals surface area contributed by atoms with Crippen LogP contribution in [0.2, 0.25) is 0 Å². The van der Waals surface area contributed by atoms with Crippen LogP contribution < -0.4 is 10.6 Å². The molecule has 26 heavy (non-hydrogen) atoms. The van der Waals surface area contributed by atoms with Gasteiger partial charge in [0.05, 0.1) is 16.2 Å². The van der Waals surface area contributed by atoms with E-state index in [1.54, 1.807) is 0 Å². The topological polar surface area (TPSA) is 173 Å². The Hall–Kier alpha value is -3.61. The Kier molecular flexibility index (Phi) is 4.70. The zero-order chi connectivity index (χ0) is 18.7. The summed E-state index contributed by atoms with van der Waals surface area (Å²) >= 11 is 0.704. The first-order valence-electron chi connectivity index (χ1n) is 6.98. The summed E-state index contributed by atoms with van der Waals surface area (Å²) in [4.78, 5) is 45.4. The van der Waals surface area contributed by atoms with Gasteiger partial charge < -0.3 is 0 Å². The SMILES string of the molecule is O=C(Cc1ccc(/C=C2\SC(=O)NC2=O)cc1[N+](=O)[O-])Nc1nn[nH]n1. The van der Waals surface area contributed by atoms with Gasteiger partial charge in [0, 0.05) is 11.6 Å². The fourth-order valence-electron chi connectivity index (χ4n) is 2.12. The number of benzene rings is 1. The maximum atomic E-state index is 11.9. The van der Waals surface area contributed by atoms with Crippen LogP contribution in [-0.4, -0.2) is 42.6 Å². The van der Waals surface area contributed by atoms with E-state index < -0.39 is 22.0 Å². The third kappa shape index (κ3) is 3.89. The Bertz CT molecular complexity index is 940. The number of amides is 3. The Balaban J connectivity index is 1.82. The van der Waals surface area contributed by atoms with Crippen LogP contribution in [0.1, 0.15) is 11.1 Å². The third-order valence-electron chi connectivity index (χ3n) is 3.19. The quantitative estimate of drug-likeness (QED) is 0.384. The highest BCUT2D eigenvalue weighted by molar-refractivity contribution is 8.18. The zero-order valence-corrected chi connectivity index (χ0v) is 13.6. The molecule has 13 heteroatoms. The monoisotopic (exact) mass is 375 g/mol. The molecular weight excluding hydrogens is 366 g/mol. The van der Waals surface area contributed by atoms with Gasteiger partial charge in [0.2, 0.25) is 5.91 Å². The van der Waals surface area contributed by atoms with Crippen LogP contribution in [0.3, 0.4) is 0 Å². The molecule has 1 aliphatic rings. The van der Waals surface area contributed by atoms with Crippen LogP contribution in [-0.2, 0) is 16.0 Å². The van der Waals surface area contributed by atoms with E-state index in [1.165, 1.54) is 24.3 Å². The van der Waals surface area contributed by atoms with Gasteiger partial charge in [0.1, 0.15) is 0 Å². The molecule has 0 unspecified atom stereocenters. The van der Waals surface area contributed by atoms with Crippen molar-refractivity contribution in [2.75, 3.05) is 5.32 Å². The number of hydrogen-bond donors (Lipinski definition) is 3. The molecule has 1 fully saturated rings. The average Bonchev–Trinajstić information content (AvgIpc) is 3.18. The number of thioether (sulfide) groups is 1. The number of rotatable bonds is 5. The highest BCUT2D eigenvalue weighted by Gasteiger charge is 2.25. The lowest BCUT2D eigenvalue weighted by Gasteiger charge is -2.04. The minimum Gasteiger partial charge on any atom is -0.292 e. The first kappa shape index (κ1) is 17.2. The van der Waals surface area contributed by atoms with Crippen molar-refractivity contribution >= 4 is 46.5 Å². The molecule has 1 aliphatic heterocycles. The molecule has 1 aromatic carbocycles. The van der Waals surface area contributed by atoms with Gasteiger partial charge in [0.15, 0.2) is 0 Å². The number of anilines is 1. The van der Waals surface area contributed by atoms with E-state index in [0.717, 1.165) is 0 Å². The largest absolute Gasteiger partial charge is 0.292 e. The summed E-state index contributed by atoms with van der Waals surface area (Å²) in [6, 6.07) is 4.13. The number of carbonyl (C=O) groups excluding carboxylic acids is 3. The molecule has 3 N–H and O–H groups in total. The molecule has 12 nitrogen and oxygen atoms in total. The molecule has 3 amide bonds. The maximum Gasteiger partial charge on any atom is 0.290 e. The lowest BCUT2D eigenvalue weighted by atomic mass is 10.1. The van der Waals surface area contributed by atoms with Crippen LogP contribution in [0, 0.1) is 10.1 Å². The van der Waals surface area contributed by atoms with Crippen molar-refractivity contribution < 1.29 is 19.3 Å². The van der Waals surface area contributed by atoms with E-state index in [1.807, 2.05) is 0 Å². The Morgan fingerprint density at radius 1 is 1.38 bits per heavy atom. The van der Waals surface area contributed by atoms with Gasteiger partial charge in [-0.2, -0.15) is 5.21 Å². The number of nitrogens with one attached hydrogen (secondary N) is 3. The highest BCUT2D eigenvalue weighted by atomic mass is 32.2. The molecule has 0 atom stereocenters. The van der Waals surface area contributed by atoms with Gasteiger partial charge in [-0.15, -0.1) is 5.10 Å². The molecule has 2 aromatic rings. The fourth-order valence-corrected chi connectivity index (χ4v) is 2.80. The first-order chi connectivity index (χ1) is 12.4. The molecule has 0 saturated carbocycles. The molecule has 0 radical (unpaired) electrons. The summed E-state index contributed by atoms with van der Waals surface area (Å²) in [7, 11) is 0. The second-order valence-corrected chi connectivity index (χ2v) is 5.97. The normalized spacial score (nSPS) is 15.2. The van der Waals surface area contributed by atoms with Crippen LogP contribution in [0.15, 0.2) is 23.1 Å². The number of H-pyrrole nitrogens is 1. The summed E-state index contributed by atoms with van der Waals surface area (Å²) in [5, 5.41) is 27.8. The summed E-state index contributed by atoms with van der Waals surface area (Å²) < 4.78 is 0. The van der Waals surface area contributed by atoms with Gasteiger partial charge in [-0.05, 0) is 28.6 Å². The van der Waals surface area contributed by atoms with E-state index >= 15 is 0 Å². The minimum atomic E-state index is -0.633. The molecule has 1 aromatic heterocycles. The Morgan fingerprint density at radius 2 is 2.19 bits per heavy atom. The predicted octanol–water partition coefficient (Wildman–Crippen LogP) is 0.613. The number of nitro groups is 1. The number of nitro benzene ring substituents is 1. The molecule has 0 spiro atoms. The highest BCUT2D eigenvalue weighted by Crippen LogP contribution is 2.28. The summed E-state index contributed by atoms with van der Waals surface area (Å²) in [6.45, 7) is 0. The number of hydrogen-bond acceptors (Lipinski definition) is 9. The van der Waals surface area contributed by atoms with Crippen LogP contribution in [0.5, 0.6) is 0 Å². The van der Waals surface area contributed by atoms with E-state index in [2.05, 4.69) is 31.3 Å². The standard InChI is InChI=1S/C13H9N7O5S/c21-10(14-12-16-18-19-17-12)5-7-2-1-6(3-8(7)20(24)25)4-9-11(22)15-13(23)26-9/h1-4H,5H2,(H,15,22,23)(H2,14,16,17,18,19,21)/b9-4-. The first-order valence-corrected chi connectivity index (χ1v) is 7.79. The summed E-state index contributed by atoms with van der Waals surface area (Å²) in [5.74, 6) is -1.17. The third-order valence-corrected chi connectivity index (χ3v) is 4.00. The second kappa shape index (κ2) is 7.10. The van der Waals surface area contributed by atoms with Gasteiger partial charge >= 0.3 is 0 Å². The number of aromatic amines is 1. The van der Waals surface area contributed by atoms with Crippen molar-refractivity contribution in [3.05, 3.63) is 44.3 Å². The molecular formula is C13H9N7O5S. The van der Waals surface area contributed by atoms with Crippen molar-refractivity contribution in [3.63, 3.8) is 0 Å². The maximum absolute atomic E-state index is 11.9. The molecule has 0 bridgehead atoms. The lowest BCUT2D eigenvalue weighted by Crippen LogP contribution is -2.17. The van der Waals surface area contributed by atoms with Crippen molar-refractivity contribution in [2.45, 2.75) is 6.42 Å². The fraction of sp³-hybridized carbons (Fsp3) is 0.0769. The average molecular weight is 375 g/mol. The molecule has 0 aliphatic carbocycles. The second-order valence-electron chi connectivity index (χ2n) is 4.96. The zero-order valence-electron chi connectivity index (χ0n) is 12.8. The molecule has 1 saturated heterocycles. The van der Waals surface area contributed by atoms with E-state index in [-0.39, 0.29) is 28.5 Å². The smallest absolute Gasteiger partial charge is 0.290 e. The van der Waals surface area contributed by atoms with Crippen molar-refractivity contribution in [1.29, 1.82) is 0 Å². The molecule has 132 valence electrons. The number of carbonyl (C=O) groups is 3. The summed E-state index contributed by atoms with van der Waals surface area (Å²) in [5.41, 5.74) is 0.224. The van der Waals surface area contributed by atoms with Gasteiger partial charge in [-0.3, -0.25) is 35.1 Å². The Labute approximate surface area is 148 Å². The number of tetrazole rings is 1. The van der Waals surface area contributed by atoms with E-state index in [4.69, 9.17) is 0 Å². The number of imide groups is 1. The number of aromatic nitrogens is 4. The van der Waals surface area contributed by atoms with E-state index in [9.17, 15) is 24.5 Å². The minimum absolute atomic E-state index is 0.0482. The lowest BCUT2D eigenvalue weighted by molar-refractivity contribution is -0.385. The van der Waals surface area contributed by atoms with Crippen LogP contribution >= 0.6 is 11.8 Å². The Morgan fingerprint density at radius 3 is 2.81 bits per heavy atom. The summed E-state index contributed by atoms with van der Waals surface area (Å²) in [6.07, 6.45) is 1.08.